The first-order valence-corrected chi connectivity index (χ1v) is 13.0. The third kappa shape index (κ3) is 7.73. The van der Waals surface area contributed by atoms with Gasteiger partial charge in [-0.25, -0.2) is 0 Å². The van der Waals surface area contributed by atoms with Crippen molar-refractivity contribution in [3.05, 3.63) is 23.2 Å². The molecule has 8 nitrogen and oxygen atoms in total. The van der Waals surface area contributed by atoms with Gasteiger partial charge in [0, 0.05) is 24.3 Å². The van der Waals surface area contributed by atoms with Crippen molar-refractivity contribution in [2.24, 2.45) is 5.92 Å². The lowest BCUT2D eigenvalue weighted by Crippen LogP contribution is -2.40. The van der Waals surface area contributed by atoms with Crippen molar-refractivity contribution in [1.29, 1.82) is 0 Å². The van der Waals surface area contributed by atoms with E-state index in [-0.39, 0.29) is 17.0 Å². The molecule has 4 N–H and O–H groups in total. The van der Waals surface area contributed by atoms with Crippen LogP contribution in [0.5, 0.6) is 5.75 Å². The van der Waals surface area contributed by atoms with Crippen LogP contribution in [0.25, 0.3) is 0 Å². The Morgan fingerprint density at radius 2 is 1.81 bits per heavy atom. The van der Waals surface area contributed by atoms with Crippen LogP contribution in [-0.4, -0.2) is 46.5 Å². The normalized spacial score (nSPS) is 19.6. The maximum Gasteiger partial charge on any atom is 0.573 e. The van der Waals surface area contributed by atoms with E-state index in [9.17, 15) is 13.2 Å². The second-order valence-corrected chi connectivity index (χ2v) is 9.78. The monoisotopic (exact) mass is 527 g/mol. The molecule has 0 bridgehead atoms. The van der Waals surface area contributed by atoms with Crippen LogP contribution in [0.1, 0.15) is 58.3 Å². The second kappa shape index (κ2) is 12.1. The Bertz CT molecular complexity index is 998. The second-order valence-electron chi connectivity index (χ2n) is 9.37. The minimum absolute atomic E-state index is 0.155. The lowest BCUT2D eigenvalue weighted by molar-refractivity contribution is -0.274. The van der Waals surface area contributed by atoms with E-state index in [2.05, 4.69) is 47.9 Å². The Morgan fingerprint density at radius 1 is 1.06 bits per heavy atom. The molecule has 1 aliphatic heterocycles. The number of alkyl halides is 3. The molecule has 2 fully saturated rings. The van der Waals surface area contributed by atoms with Crippen LogP contribution in [0, 0.1) is 5.92 Å². The van der Waals surface area contributed by atoms with Crippen LogP contribution in [0.3, 0.4) is 0 Å². The molecule has 1 saturated heterocycles. The van der Waals surface area contributed by atoms with Crippen molar-refractivity contribution in [2.75, 3.05) is 29.0 Å². The highest BCUT2D eigenvalue weighted by molar-refractivity contribution is 6.32. The molecule has 2 aliphatic rings. The summed E-state index contributed by atoms with van der Waals surface area (Å²) in [6, 6.07) is 4.41. The maximum absolute atomic E-state index is 12.6. The average molecular weight is 528 g/mol. The lowest BCUT2D eigenvalue weighted by atomic mass is 9.89. The fraction of sp³-hybridized carbons (Fsp3) is 0.625. The van der Waals surface area contributed by atoms with Gasteiger partial charge in [0.15, 0.2) is 0 Å². The summed E-state index contributed by atoms with van der Waals surface area (Å²) in [5, 5.41) is 13.2. The first-order chi connectivity index (χ1) is 17.3. The number of rotatable bonds is 10. The number of hydrogen-bond acceptors (Lipinski definition) is 8. The van der Waals surface area contributed by atoms with Gasteiger partial charge in [0.2, 0.25) is 17.8 Å². The third-order valence-corrected chi connectivity index (χ3v) is 6.96. The van der Waals surface area contributed by atoms with E-state index in [4.69, 9.17) is 11.6 Å². The standard InChI is InChI=1S/C24H33ClF3N7O/c1-2-18(19-9-6-12-29-19)32-23-34-21(30-14-15-7-4-3-5-8-15)33-22(35-23)31-16-10-11-20(17(25)13-16)36-24(26,27)28/h10-11,13,15,18-19,29H,2-9,12,14H2,1H3,(H3,30,31,32,33,34,35). The molecule has 12 heteroatoms. The highest BCUT2D eigenvalue weighted by Crippen LogP contribution is 2.33. The van der Waals surface area contributed by atoms with Gasteiger partial charge >= 0.3 is 6.36 Å². The summed E-state index contributed by atoms with van der Waals surface area (Å²) >= 11 is 6.01. The minimum Gasteiger partial charge on any atom is -0.404 e. The van der Waals surface area contributed by atoms with E-state index < -0.39 is 12.1 Å². The van der Waals surface area contributed by atoms with Crippen molar-refractivity contribution in [1.82, 2.24) is 20.3 Å². The first-order valence-electron chi connectivity index (χ1n) is 12.6. The number of ether oxygens (including phenoxy) is 1. The van der Waals surface area contributed by atoms with Crippen LogP contribution in [0.4, 0.5) is 36.7 Å². The summed E-state index contributed by atoms with van der Waals surface area (Å²) in [5.41, 5.74) is 0.425. The van der Waals surface area contributed by atoms with Crippen molar-refractivity contribution < 1.29 is 17.9 Å². The summed E-state index contributed by atoms with van der Waals surface area (Å²) in [7, 11) is 0. The molecule has 198 valence electrons. The number of nitrogens with one attached hydrogen (secondary N) is 4. The molecular formula is C24H33ClF3N7O. The summed E-state index contributed by atoms with van der Waals surface area (Å²) < 4.78 is 41.6. The van der Waals surface area contributed by atoms with E-state index in [1.165, 1.54) is 44.2 Å². The number of benzene rings is 1. The first kappa shape index (κ1) is 26.5. The topological polar surface area (TPSA) is 96.0 Å². The fourth-order valence-electron chi connectivity index (χ4n) is 4.83. The Hall–Kier alpha value is -2.53. The van der Waals surface area contributed by atoms with Crippen LogP contribution >= 0.6 is 11.6 Å². The Balaban J connectivity index is 1.52. The SMILES string of the molecule is CCC(Nc1nc(NCC2CCCCC2)nc(Nc2ccc(OC(F)(F)F)c(Cl)c2)n1)C1CCCN1. The molecule has 0 radical (unpaired) electrons. The summed E-state index contributed by atoms with van der Waals surface area (Å²) in [6.07, 6.45) is 4.43. The Labute approximate surface area is 214 Å². The predicted molar refractivity (Wildman–Crippen MR) is 135 cm³/mol. The Morgan fingerprint density at radius 3 is 2.47 bits per heavy atom. The van der Waals surface area contributed by atoms with Gasteiger partial charge in [0.25, 0.3) is 0 Å². The van der Waals surface area contributed by atoms with Gasteiger partial charge in [-0.3, -0.25) is 0 Å². The number of anilines is 4. The molecule has 1 aromatic carbocycles. The third-order valence-electron chi connectivity index (χ3n) is 6.66. The molecule has 2 heterocycles. The van der Waals surface area contributed by atoms with Gasteiger partial charge in [-0.1, -0.05) is 37.8 Å². The highest BCUT2D eigenvalue weighted by atomic mass is 35.5. The largest absolute Gasteiger partial charge is 0.573 e. The molecule has 4 rings (SSSR count). The van der Waals surface area contributed by atoms with Gasteiger partial charge in [0.05, 0.1) is 5.02 Å². The molecule has 1 saturated carbocycles. The smallest absolute Gasteiger partial charge is 0.404 e. The lowest BCUT2D eigenvalue weighted by Gasteiger charge is -2.24. The number of aromatic nitrogens is 3. The molecule has 1 aromatic heterocycles. The van der Waals surface area contributed by atoms with Gasteiger partial charge < -0.3 is 26.0 Å². The van der Waals surface area contributed by atoms with E-state index in [0.717, 1.165) is 38.4 Å². The van der Waals surface area contributed by atoms with Gasteiger partial charge in [-0.15, -0.1) is 13.2 Å². The molecule has 1 aliphatic carbocycles. The molecule has 2 aromatic rings. The molecule has 0 amide bonds. The zero-order valence-corrected chi connectivity index (χ0v) is 21.1. The molecule has 2 atom stereocenters. The van der Waals surface area contributed by atoms with E-state index in [1.807, 2.05) is 0 Å². The average Bonchev–Trinajstić information content (AvgIpc) is 3.38. The van der Waals surface area contributed by atoms with Crippen molar-refractivity contribution in [3.8, 4) is 5.75 Å². The molecular weight excluding hydrogens is 495 g/mol. The van der Waals surface area contributed by atoms with E-state index >= 15 is 0 Å². The summed E-state index contributed by atoms with van der Waals surface area (Å²) in [6.45, 7) is 3.89. The minimum atomic E-state index is -4.82. The van der Waals surface area contributed by atoms with Gasteiger partial charge in [-0.05, 0) is 62.8 Å². The fourth-order valence-corrected chi connectivity index (χ4v) is 5.04. The van der Waals surface area contributed by atoms with Crippen LogP contribution < -0.4 is 26.0 Å². The molecule has 36 heavy (non-hydrogen) atoms. The van der Waals surface area contributed by atoms with Crippen molar-refractivity contribution in [3.63, 3.8) is 0 Å². The van der Waals surface area contributed by atoms with Crippen LogP contribution in [-0.2, 0) is 0 Å². The van der Waals surface area contributed by atoms with Gasteiger partial charge in [-0.2, -0.15) is 15.0 Å². The van der Waals surface area contributed by atoms with Crippen molar-refractivity contribution in [2.45, 2.75) is 76.7 Å². The predicted octanol–water partition coefficient (Wildman–Crippen LogP) is 6.10. The number of hydrogen-bond donors (Lipinski definition) is 4. The molecule has 0 spiro atoms. The quantitative estimate of drug-likeness (QED) is 0.294. The summed E-state index contributed by atoms with van der Waals surface area (Å²) in [5.74, 6) is 1.24. The van der Waals surface area contributed by atoms with Gasteiger partial charge in [0.1, 0.15) is 5.75 Å². The Kier molecular flexibility index (Phi) is 8.95. The van der Waals surface area contributed by atoms with Crippen LogP contribution in [0.2, 0.25) is 5.02 Å². The van der Waals surface area contributed by atoms with E-state index in [0.29, 0.717) is 29.5 Å². The number of halogens is 4. The van der Waals surface area contributed by atoms with E-state index in [1.54, 1.807) is 0 Å². The summed E-state index contributed by atoms with van der Waals surface area (Å²) in [4.78, 5) is 13.6. The number of nitrogens with zero attached hydrogens (tertiary/aromatic N) is 3. The zero-order valence-electron chi connectivity index (χ0n) is 20.3. The zero-order chi connectivity index (χ0) is 25.5. The van der Waals surface area contributed by atoms with Crippen molar-refractivity contribution >= 4 is 35.1 Å². The highest BCUT2D eigenvalue weighted by Gasteiger charge is 2.32. The van der Waals surface area contributed by atoms with Crippen LogP contribution in [0.15, 0.2) is 18.2 Å². The molecule has 2 unspecified atom stereocenters. The maximum atomic E-state index is 12.6.